The maximum absolute atomic E-state index is 14.4. The minimum absolute atomic E-state index is 0.0334. The summed E-state index contributed by atoms with van der Waals surface area (Å²) in [6, 6.07) is 9.03. The molecule has 3 amide bonds. The maximum Gasteiger partial charge on any atom is 0.408 e. The summed E-state index contributed by atoms with van der Waals surface area (Å²) in [6.45, 7) is 5.26. The first-order valence-electron chi connectivity index (χ1n) is 17.2. The van der Waals surface area contributed by atoms with Crippen LogP contribution < -0.4 is 20.1 Å². The van der Waals surface area contributed by atoms with Crippen LogP contribution in [0.4, 0.5) is 4.79 Å². The topological polar surface area (TPSA) is 161 Å². The number of carboxylic acids is 1. The lowest BCUT2D eigenvalue weighted by Gasteiger charge is -2.30. The Morgan fingerprint density at radius 3 is 2.60 bits per heavy atom. The molecule has 2 aromatic heterocycles. The van der Waals surface area contributed by atoms with Crippen LogP contribution in [0.25, 0.3) is 16.7 Å². The van der Waals surface area contributed by atoms with Crippen LogP contribution in [0.5, 0.6) is 11.5 Å². The van der Waals surface area contributed by atoms with Crippen molar-refractivity contribution < 1.29 is 38.5 Å². The van der Waals surface area contributed by atoms with E-state index in [-0.39, 0.29) is 25.3 Å². The first kappa shape index (κ1) is 34.8. The Balaban J connectivity index is 1.34. The van der Waals surface area contributed by atoms with E-state index < -0.39 is 53.2 Å². The molecule has 6 rings (SSSR count). The molecule has 2 aliphatic heterocycles. The van der Waals surface area contributed by atoms with E-state index in [0.717, 1.165) is 19.3 Å². The van der Waals surface area contributed by atoms with Gasteiger partial charge >= 0.3 is 12.1 Å². The van der Waals surface area contributed by atoms with Gasteiger partial charge in [0, 0.05) is 42.3 Å². The number of benzene rings is 1. The van der Waals surface area contributed by atoms with E-state index in [4.69, 9.17) is 19.2 Å². The third-order valence-corrected chi connectivity index (χ3v) is 9.44. The lowest BCUT2D eigenvalue weighted by molar-refractivity contribution is -0.145. The number of carbonyl (C=O) groups is 4. The normalized spacial score (nSPS) is 26.4. The molecule has 1 saturated heterocycles. The molecule has 3 N–H and O–H groups in total. The maximum atomic E-state index is 14.4. The summed E-state index contributed by atoms with van der Waals surface area (Å²) in [5, 5.41) is 16.4. The van der Waals surface area contributed by atoms with E-state index >= 15 is 0 Å². The van der Waals surface area contributed by atoms with E-state index in [1.54, 1.807) is 40.0 Å². The summed E-state index contributed by atoms with van der Waals surface area (Å²) < 4.78 is 19.4. The quantitative estimate of drug-likeness (QED) is 0.311. The van der Waals surface area contributed by atoms with Crippen LogP contribution in [0.2, 0.25) is 0 Å². The standard InChI is InChI=1S/C37H45N5O8/c1-36(2,3)50-35(47)39-27-13-9-7-5-6-8-12-23-21-37(23,34(45)46)40-32(43)29-19-25(22-42(29)33(27)44)49-30-20-31(41-16-10-11-17-41)38-28-18-24(48-4)14-15-26(28)30/h8,10-12,14-18,20,23,25,27,29H,5-7,9,13,19,21-22H2,1-4H3,(H,39,47)(H,40,43)(H,45,46)/b12-8-/t23-,25-,27-,29+,37-/m1/s1. The molecule has 3 aliphatic rings. The number of fused-ring (bicyclic) bond motifs is 3. The Morgan fingerprint density at radius 2 is 1.88 bits per heavy atom. The highest BCUT2D eigenvalue weighted by Gasteiger charge is 2.61. The van der Waals surface area contributed by atoms with Crippen molar-refractivity contribution >= 4 is 34.8 Å². The van der Waals surface area contributed by atoms with Gasteiger partial charge < -0.3 is 39.4 Å². The van der Waals surface area contributed by atoms with Crippen molar-refractivity contribution in [2.24, 2.45) is 5.92 Å². The van der Waals surface area contributed by atoms with Crippen LogP contribution in [0.3, 0.4) is 0 Å². The molecule has 0 unspecified atom stereocenters. The largest absolute Gasteiger partial charge is 0.497 e. The fourth-order valence-electron chi connectivity index (χ4n) is 6.78. The number of carbonyl (C=O) groups excluding carboxylic acids is 3. The van der Waals surface area contributed by atoms with Gasteiger partial charge in [0.2, 0.25) is 11.8 Å². The van der Waals surface area contributed by atoms with Gasteiger partial charge in [0.1, 0.15) is 46.6 Å². The van der Waals surface area contributed by atoms with Gasteiger partial charge in [-0.05, 0) is 70.7 Å². The highest BCUT2D eigenvalue weighted by molar-refractivity contribution is 5.96. The molecule has 2 fully saturated rings. The molecule has 13 nitrogen and oxygen atoms in total. The van der Waals surface area contributed by atoms with Gasteiger partial charge in [-0.3, -0.25) is 9.59 Å². The molecular weight excluding hydrogens is 642 g/mol. The molecule has 1 aromatic carbocycles. The summed E-state index contributed by atoms with van der Waals surface area (Å²) in [7, 11) is 1.58. The number of aliphatic carboxylic acids is 1. The van der Waals surface area contributed by atoms with Crippen molar-refractivity contribution in [3.63, 3.8) is 0 Å². The zero-order valence-electron chi connectivity index (χ0n) is 28.9. The number of amides is 3. The van der Waals surface area contributed by atoms with Gasteiger partial charge in [-0.2, -0.15) is 0 Å². The number of hydrogen-bond acceptors (Lipinski definition) is 8. The van der Waals surface area contributed by atoms with Crippen LogP contribution in [-0.2, 0) is 19.1 Å². The average molecular weight is 688 g/mol. The van der Waals surface area contributed by atoms with Crippen LogP contribution in [0.1, 0.15) is 65.7 Å². The van der Waals surface area contributed by atoms with Gasteiger partial charge in [0.25, 0.3) is 0 Å². The number of hydrogen-bond donors (Lipinski definition) is 3. The number of nitrogens with one attached hydrogen (secondary N) is 2. The van der Waals surface area contributed by atoms with Crippen molar-refractivity contribution in [2.75, 3.05) is 13.7 Å². The Morgan fingerprint density at radius 1 is 1.10 bits per heavy atom. The minimum Gasteiger partial charge on any atom is -0.497 e. The van der Waals surface area contributed by atoms with Crippen molar-refractivity contribution in [3.05, 3.63) is 60.9 Å². The third kappa shape index (κ3) is 7.56. The van der Waals surface area contributed by atoms with E-state index in [2.05, 4.69) is 10.6 Å². The zero-order valence-corrected chi connectivity index (χ0v) is 28.9. The highest BCUT2D eigenvalue weighted by atomic mass is 16.6. The Labute approximate surface area is 291 Å². The van der Waals surface area contributed by atoms with Crippen molar-refractivity contribution in [3.8, 4) is 17.3 Å². The van der Waals surface area contributed by atoms with E-state index in [1.165, 1.54) is 4.90 Å². The molecule has 0 radical (unpaired) electrons. The lowest BCUT2D eigenvalue weighted by atomic mass is 10.0. The lowest BCUT2D eigenvalue weighted by Crippen LogP contribution is -2.56. The number of nitrogens with zero attached hydrogens (tertiary/aromatic N) is 3. The predicted octanol–water partition coefficient (Wildman–Crippen LogP) is 4.76. The Hall–Kier alpha value is -5.07. The second-order valence-corrected chi connectivity index (χ2v) is 14.3. The molecule has 50 heavy (non-hydrogen) atoms. The SMILES string of the molecule is COc1ccc2c(O[C@@H]3C[C@H]4C(=O)N[C@]5(C(=O)O)C[C@H]5/C=C\CCCCC[C@@H](NC(=O)OC(C)(C)C)C(=O)N4C3)cc(-n3cccc3)nc2c1. The number of methoxy groups -OCH3 is 1. The fraction of sp³-hybridized carbons (Fsp3) is 0.486. The van der Waals surface area contributed by atoms with Gasteiger partial charge in [0.05, 0.1) is 19.2 Å². The summed E-state index contributed by atoms with van der Waals surface area (Å²) in [4.78, 5) is 60.0. The van der Waals surface area contributed by atoms with E-state index in [1.807, 2.05) is 53.4 Å². The Kier molecular flexibility index (Phi) is 9.77. The molecule has 0 spiro atoms. The number of alkyl carbamates (subject to hydrolysis) is 1. The molecule has 13 heteroatoms. The van der Waals surface area contributed by atoms with Gasteiger partial charge in [0.15, 0.2) is 0 Å². The summed E-state index contributed by atoms with van der Waals surface area (Å²) in [5.41, 5.74) is -1.59. The zero-order chi connectivity index (χ0) is 35.6. The van der Waals surface area contributed by atoms with Crippen LogP contribution in [0.15, 0.2) is 60.9 Å². The molecule has 5 atom stereocenters. The first-order chi connectivity index (χ1) is 23.9. The fourth-order valence-corrected chi connectivity index (χ4v) is 6.78. The second-order valence-electron chi connectivity index (χ2n) is 14.3. The number of rotatable bonds is 6. The molecule has 0 bridgehead atoms. The number of aromatic nitrogens is 2. The minimum atomic E-state index is -1.44. The smallest absolute Gasteiger partial charge is 0.408 e. The van der Waals surface area contributed by atoms with Crippen molar-refractivity contribution in [1.82, 2.24) is 25.1 Å². The second kappa shape index (κ2) is 14.0. The van der Waals surface area contributed by atoms with Crippen LogP contribution in [0, 0.1) is 5.92 Å². The average Bonchev–Trinajstić information content (AvgIpc) is 3.38. The van der Waals surface area contributed by atoms with E-state index in [0.29, 0.717) is 41.1 Å². The summed E-state index contributed by atoms with van der Waals surface area (Å²) in [6.07, 6.45) is 9.94. The van der Waals surface area contributed by atoms with E-state index in [9.17, 15) is 24.3 Å². The first-order valence-corrected chi connectivity index (χ1v) is 17.2. The summed E-state index contributed by atoms with van der Waals surface area (Å²) in [5.74, 6) is -0.770. The van der Waals surface area contributed by atoms with Gasteiger partial charge in [-0.25, -0.2) is 14.6 Å². The number of pyridine rings is 1. The van der Waals surface area contributed by atoms with Crippen LogP contribution in [-0.4, -0.2) is 86.4 Å². The number of allylic oxidation sites excluding steroid dienone is 1. The van der Waals surface area contributed by atoms with Crippen molar-refractivity contribution in [1.29, 1.82) is 0 Å². The van der Waals surface area contributed by atoms with Gasteiger partial charge in [-0.15, -0.1) is 0 Å². The number of carboxylic acid groups (broad SMARTS) is 1. The van der Waals surface area contributed by atoms with Crippen LogP contribution >= 0.6 is 0 Å². The van der Waals surface area contributed by atoms with Gasteiger partial charge in [-0.1, -0.05) is 25.0 Å². The number of ether oxygens (including phenoxy) is 3. The monoisotopic (exact) mass is 687 g/mol. The molecular formula is C37H45N5O8. The molecule has 266 valence electrons. The third-order valence-electron chi connectivity index (χ3n) is 9.44. The molecule has 1 saturated carbocycles. The summed E-state index contributed by atoms with van der Waals surface area (Å²) >= 11 is 0. The predicted molar refractivity (Wildman–Crippen MR) is 184 cm³/mol. The molecule has 4 heterocycles. The van der Waals surface area contributed by atoms with Crippen molar-refractivity contribution in [2.45, 2.75) is 95.0 Å². The molecule has 1 aliphatic carbocycles. The highest BCUT2D eigenvalue weighted by Crippen LogP contribution is 2.45. The molecule has 3 aromatic rings. The Bertz CT molecular complexity index is 1780.